The van der Waals surface area contributed by atoms with Gasteiger partial charge in [0, 0.05) is 28.7 Å². The summed E-state index contributed by atoms with van der Waals surface area (Å²) in [5, 5.41) is 12.8. The average Bonchev–Trinajstić information content (AvgIpc) is 3.00. The number of benzene rings is 3. The summed E-state index contributed by atoms with van der Waals surface area (Å²) in [5.74, 6) is -0.263. The van der Waals surface area contributed by atoms with E-state index in [9.17, 15) is 27.3 Å². The number of hydrogen-bond donors (Lipinski definition) is 1. The summed E-state index contributed by atoms with van der Waals surface area (Å²) in [6.45, 7) is -0.839. The van der Waals surface area contributed by atoms with Crippen LogP contribution >= 0.6 is 11.6 Å². The molecule has 7 nitrogen and oxygen atoms in total. The summed E-state index contributed by atoms with van der Waals surface area (Å²) >= 11 is 6.05. The van der Waals surface area contributed by atoms with E-state index in [1.54, 1.807) is 43.3 Å². The Hall–Kier alpha value is -3.52. The summed E-state index contributed by atoms with van der Waals surface area (Å²) in [5.41, 5.74) is 2.85. The van der Waals surface area contributed by atoms with E-state index >= 15 is 0 Å². The molecule has 0 aliphatic carbocycles. The van der Waals surface area contributed by atoms with Crippen LogP contribution in [-0.2, 0) is 14.6 Å². The zero-order chi connectivity index (χ0) is 30.3. The molecule has 1 amide bonds. The Bertz CT molecular complexity index is 1500. The Labute approximate surface area is 250 Å². The van der Waals surface area contributed by atoms with Crippen LogP contribution in [0.2, 0.25) is 5.02 Å². The van der Waals surface area contributed by atoms with E-state index in [0.29, 0.717) is 29.1 Å². The van der Waals surface area contributed by atoms with Crippen molar-refractivity contribution >= 4 is 33.0 Å². The highest BCUT2D eigenvalue weighted by atomic mass is 35.5. The van der Waals surface area contributed by atoms with Crippen molar-refractivity contribution in [3.05, 3.63) is 94.5 Å². The van der Waals surface area contributed by atoms with Crippen LogP contribution < -0.4 is 10.2 Å². The van der Waals surface area contributed by atoms with E-state index in [4.69, 9.17) is 11.6 Å². The number of piperidine rings is 1. The zero-order valence-corrected chi connectivity index (χ0v) is 24.6. The van der Waals surface area contributed by atoms with Gasteiger partial charge in [-0.1, -0.05) is 42.8 Å². The van der Waals surface area contributed by atoms with Crippen molar-refractivity contribution in [2.45, 2.75) is 55.7 Å². The van der Waals surface area contributed by atoms with Gasteiger partial charge in [-0.25, -0.2) is 8.42 Å². The fourth-order valence-corrected chi connectivity index (χ4v) is 6.18. The number of halogens is 3. The van der Waals surface area contributed by atoms with Gasteiger partial charge in [0.1, 0.15) is 0 Å². The Balaban J connectivity index is 1.50. The molecule has 0 bridgehead atoms. The molecule has 1 fully saturated rings. The van der Waals surface area contributed by atoms with Crippen molar-refractivity contribution in [1.82, 2.24) is 5.32 Å². The van der Waals surface area contributed by atoms with Crippen LogP contribution in [0.4, 0.5) is 14.5 Å². The van der Waals surface area contributed by atoms with Gasteiger partial charge in [-0.15, -0.1) is 0 Å². The third kappa shape index (κ3) is 7.85. The highest BCUT2D eigenvalue weighted by Gasteiger charge is 2.30. The number of carbonyl (C=O) groups excluding carboxylic acids is 1. The highest BCUT2D eigenvalue weighted by molar-refractivity contribution is 7.91. The zero-order valence-electron chi connectivity index (χ0n) is 23.0. The van der Waals surface area contributed by atoms with E-state index in [1.165, 1.54) is 12.1 Å². The van der Waals surface area contributed by atoms with E-state index in [-0.39, 0.29) is 35.6 Å². The number of rotatable bonds is 11. The lowest BCUT2D eigenvalue weighted by Crippen LogP contribution is -2.45. The van der Waals surface area contributed by atoms with Crippen LogP contribution in [0, 0.1) is 11.3 Å². The Kier molecular flexibility index (Phi) is 10.5. The molecular weight excluding hydrogens is 584 g/mol. The first-order valence-electron chi connectivity index (χ1n) is 13.6. The third-order valence-corrected chi connectivity index (χ3v) is 9.55. The van der Waals surface area contributed by atoms with Crippen molar-refractivity contribution in [2.24, 2.45) is 0 Å². The lowest BCUT2D eigenvalue weighted by Gasteiger charge is -2.41. The third-order valence-electron chi connectivity index (χ3n) is 7.55. The van der Waals surface area contributed by atoms with Gasteiger partial charge in [0.2, 0.25) is 0 Å². The summed E-state index contributed by atoms with van der Waals surface area (Å²) < 4.78 is 54.7. The van der Waals surface area contributed by atoms with Gasteiger partial charge in [0.15, 0.2) is 9.84 Å². The average molecular weight is 616 g/mol. The topological polar surface area (TPSA) is 99.5 Å². The first kappa shape index (κ1) is 31.4. The van der Waals surface area contributed by atoms with Crippen molar-refractivity contribution in [2.75, 3.05) is 23.8 Å². The minimum Gasteiger partial charge on any atom is -0.366 e. The number of nitriles is 1. The Morgan fingerprint density at radius 1 is 1.07 bits per heavy atom. The molecule has 11 heteroatoms. The van der Waals surface area contributed by atoms with E-state index in [0.717, 1.165) is 17.7 Å². The number of ether oxygens (including phenoxy) is 1. The fourth-order valence-electron chi connectivity index (χ4n) is 5.17. The van der Waals surface area contributed by atoms with Crippen LogP contribution in [0.25, 0.3) is 0 Å². The van der Waals surface area contributed by atoms with Crippen molar-refractivity contribution in [3.8, 4) is 6.07 Å². The van der Waals surface area contributed by atoms with Gasteiger partial charge < -0.3 is 15.0 Å². The van der Waals surface area contributed by atoms with Gasteiger partial charge in [-0.2, -0.15) is 14.0 Å². The number of carbonyl (C=O) groups is 1. The summed E-state index contributed by atoms with van der Waals surface area (Å²) in [6.07, 6.45) is 1.45. The quantitative estimate of drug-likeness (QED) is 0.264. The first-order chi connectivity index (χ1) is 20.1. The molecule has 0 saturated carbocycles. The van der Waals surface area contributed by atoms with Crippen LogP contribution in [0.1, 0.15) is 59.6 Å². The smallest absolute Gasteiger partial charge is 0.345 e. The SMILES string of the molecule is CCS(=O)(=O)c1ccc([C@H](CC#N)NC(=O)c2ccc(N3C[C@H](c4ccc(Cl)cc4)CC[C@H]3COC(F)F)cc2)cc1. The summed E-state index contributed by atoms with van der Waals surface area (Å²) in [7, 11) is -3.37. The molecule has 3 atom stereocenters. The van der Waals surface area contributed by atoms with Gasteiger partial charge in [-0.05, 0) is 72.5 Å². The van der Waals surface area contributed by atoms with Crippen molar-refractivity contribution < 1.29 is 26.7 Å². The second kappa shape index (κ2) is 14.1. The molecule has 1 N–H and O–H groups in total. The van der Waals surface area contributed by atoms with Gasteiger partial charge in [0.05, 0.1) is 41.8 Å². The molecule has 3 aromatic carbocycles. The Morgan fingerprint density at radius 3 is 2.33 bits per heavy atom. The van der Waals surface area contributed by atoms with E-state index in [1.807, 2.05) is 29.2 Å². The van der Waals surface area contributed by atoms with E-state index < -0.39 is 28.4 Å². The molecule has 3 aromatic rings. The summed E-state index contributed by atoms with van der Waals surface area (Å²) in [4.78, 5) is 15.3. The molecule has 4 rings (SSSR count). The van der Waals surface area contributed by atoms with Crippen LogP contribution in [-0.4, -0.2) is 45.9 Å². The van der Waals surface area contributed by atoms with Crippen molar-refractivity contribution in [1.29, 1.82) is 5.26 Å². The highest BCUT2D eigenvalue weighted by Crippen LogP contribution is 2.34. The molecule has 1 aliphatic heterocycles. The second-order valence-corrected chi connectivity index (χ2v) is 12.8. The number of sulfone groups is 1. The molecule has 1 aliphatic rings. The minimum absolute atomic E-state index is 0.00458. The first-order valence-corrected chi connectivity index (χ1v) is 15.7. The molecule has 0 aromatic heterocycles. The van der Waals surface area contributed by atoms with E-state index in [2.05, 4.69) is 16.1 Å². The lowest BCUT2D eigenvalue weighted by atomic mass is 9.87. The van der Waals surface area contributed by atoms with Crippen LogP contribution in [0.5, 0.6) is 0 Å². The van der Waals surface area contributed by atoms with Gasteiger partial charge >= 0.3 is 6.61 Å². The lowest BCUT2D eigenvalue weighted by molar-refractivity contribution is -0.133. The number of nitrogens with one attached hydrogen (secondary N) is 1. The Morgan fingerprint density at radius 2 is 1.74 bits per heavy atom. The largest absolute Gasteiger partial charge is 0.366 e. The molecule has 1 heterocycles. The van der Waals surface area contributed by atoms with Crippen molar-refractivity contribution in [3.63, 3.8) is 0 Å². The number of nitrogens with zero attached hydrogens (tertiary/aromatic N) is 2. The second-order valence-electron chi connectivity index (χ2n) is 10.1. The standard InChI is InChI=1S/C31H32ClF2N3O4S/c1-2-42(39,40)28-15-8-22(9-16-28)29(17-18-35)36-30(38)23-5-12-26(13-6-23)37-19-24(21-3-10-25(32)11-4-21)7-14-27(37)20-41-31(33)34/h3-6,8-13,15-16,24,27,29,31H,2,7,14,17,19-20H2,1H3,(H,36,38)/t24-,27+,29+/m1/s1. The predicted molar refractivity (Wildman–Crippen MR) is 158 cm³/mol. The normalized spacial score (nSPS) is 18.0. The summed E-state index contributed by atoms with van der Waals surface area (Å²) in [6, 6.07) is 21.8. The fraction of sp³-hybridized carbons (Fsp3) is 0.355. The number of alkyl halides is 2. The monoisotopic (exact) mass is 615 g/mol. The molecule has 42 heavy (non-hydrogen) atoms. The maximum Gasteiger partial charge on any atom is 0.345 e. The molecule has 1 saturated heterocycles. The maximum atomic E-state index is 13.1. The van der Waals surface area contributed by atoms with Crippen LogP contribution in [0.15, 0.2) is 77.7 Å². The minimum atomic E-state index is -3.37. The molecule has 0 unspecified atom stereocenters. The van der Waals surface area contributed by atoms with Gasteiger partial charge in [-0.3, -0.25) is 4.79 Å². The number of hydrogen-bond acceptors (Lipinski definition) is 6. The predicted octanol–water partition coefficient (Wildman–Crippen LogP) is 6.51. The maximum absolute atomic E-state index is 13.1. The number of amides is 1. The van der Waals surface area contributed by atoms with Gasteiger partial charge in [0.25, 0.3) is 5.91 Å². The van der Waals surface area contributed by atoms with Crippen LogP contribution in [0.3, 0.4) is 0 Å². The number of anilines is 1. The molecule has 0 spiro atoms. The molecular formula is C31H32ClF2N3O4S. The molecule has 0 radical (unpaired) electrons. The molecule has 222 valence electrons.